The number of fused-ring (bicyclic) bond motifs is 1. The molecule has 4 rings (SSSR count). The smallest absolute Gasteiger partial charge is 0.160 e. The second-order valence-corrected chi connectivity index (χ2v) is 6.51. The Bertz CT molecular complexity index is 901. The first-order valence-corrected chi connectivity index (χ1v) is 8.48. The van der Waals surface area contributed by atoms with E-state index in [2.05, 4.69) is 14.9 Å². The topological polar surface area (TPSA) is 41.9 Å². The molecule has 25 heavy (non-hydrogen) atoms. The molecule has 3 aromatic rings. The molecule has 1 aliphatic rings. The third-order valence-electron chi connectivity index (χ3n) is 4.34. The molecule has 0 aliphatic carbocycles. The van der Waals surface area contributed by atoms with Crippen molar-refractivity contribution in [1.82, 2.24) is 19.9 Å². The van der Waals surface area contributed by atoms with Crippen molar-refractivity contribution in [2.75, 3.05) is 6.54 Å². The standard InChI is InChI=1S/C19H16ClFN4/c20-17-8-16(21)4-3-14(17)11-25-7-5-18-15(12-25)10-23-19(24-18)13-2-1-6-22-9-13/h1-4,6,8-10H,5,7,11-12H2. The van der Waals surface area contributed by atoms with Gasteiger partial charge in [0.25, 0.3) is 0 Å². The third-order valence-corrected chi connectivity index (χ3v) is 4.69. The molecule has 126 valence electrons. The number of aromatic nitrogens is 3. The van der Waals surface area contributed by atoms with Gasteiger partial charge in [0.05, 0.1) is 5.69 Å². The van der Waals surface area contributed by atoms with Crippen molar-refractivity contribution in [2.24, 2.45) is 0 Å². The molecule has 0 spiro atoms. The summed E-state index contributed by atoms with van der Waals surface area (Å²) in [5.41, 5.74) is 4.05. The first kappa shape index (κ1) is 16.1. The molecule has 3 heterocycles. The molecule has 0 saturated carbocycles. The van der Waals surface area contributed by atoms with Crippen LogP contribution >= 0.6 is 11.6 Å². The summed E-state index contributed by atoms with van der Waals surface area (Å²) in [6.45, 7) is 2.32. The van der Waals surface area contributed by atoms with Gasteiger partial charge in [0.2, 0.25) is 0 Å². The van der Waals surface area contributed by atoms with Crippen LogP contribution in [0.15, 0.2) is 48.9 Å². The Kier molecular flexibility index (Phi) is 4.42. The van der Waals surface area contributed by atoms with Crippen LogP contribution in [0.4, 0.5) is 4.39 Å². The largest absolute Gasteiger partial charge is 0.294 e. The molecule has 0 radical (unpaired) electrons. The summed E-state index contributed by atoms with van der Waals surface area (Å²) >= 11 is 6.14. The minimum atomic E-state index is -0.311. The van der Waals surface area contributed by atoms with E-state index < -0.39 is 0 Å². The van der Waals surface area contributed by atoms with Crippen LogP contribution in [0.5, 0.6) is 0 Å². The first-order valence-electron chi connectivity index (χ1n) is 8.10. The number of halogens is 2. The van der Waals surface area contributed by atoms with Crippen LogP contribution in [0.25, 0.3) is 11.4 Å². The normalized spacial score (nSPS) is 14.3. The molecule has 0 fully saturated rings. The summed E-state index contributed by atoms with van der Waals surface area (Å²) in [5.74, 6) is 0.399. The predicted octanol–water partition coefficient (Wildman–Crippen LogP) is 3.89. The Hall–Kier alpha value is -2.37. The Morgan fingerprint density at radius 3 is 2.92 bits per heavy atom. The Morgan fingerprint density at radius 2 is 2.12 bits per heavy atom. The second-order valence-electron chi connectivity index (χ2n) is 6.10. The Balaban J connectivity index is 1.52. The van der Waals surface area contributed by atoms with Crippen molar-refractivity contribution in [2.45, 2.75) is 19.5 Å². The SMILES string of the molecule is Fc1ccc(CN2CCc3nc(-c4cccnc4)ncc3C2)c(Cl)c1. The summed E-state index contributed by atoms with van der Waals surface area (Å²) in [5, 5.41) is 0.467. The molecular formula is C19H16ClFN4. The second kappa shape index (κ2) is 6.86. The minimum absolute atomic E-state index is 0.311. The lowest BCUT2D eigenvalue weighted by molar-refractivity contribution is 0.243. The van der Waals surface area contributed by atoms with Gasteiger partial charge in [-0.3, -0.25) is 9.88 Å². The molecule has 0 atom stereocenters. The van der Waals surface area contributed by atoms with Crippen molar-refractivity contribution in [3.05, 3.63) is 76.6 Å². The summed E-state index contributed by atoms with van der Waals surface area (Å²) < 4.78 is 13.2. The lowest BCUT2D eigenvalue weighted by Gasteiger charge is -2.28. The van der Waals surface area contributed by atoms with Crippen LogP contribution in [0.1, 0.15) is 16.8 Å². The van der Waals surface area contributed by atoms with E-state index in [1.165, 1.54) is 12.1 Å². The predicted molar refractivity (Wildman–Crippen MR) is 94.5 cm³/mol. The average Bonchev–Trinajstić information content (AvgIpc) is 2.64. The van der Waals surface area contributed by atoms with Crippen LogP contribution in [0, 0.1) is 5.82 Å². The van der Waals surface area contributed by atoms with Crippen molar-refractivity contribution in [1.29, 1.82) is 0 Å². The fraction of sp³-hybridized carbons (Fsp3) is 0.211. The van der Waals surface area contributed by atoms with Gasteiger partial charge in [-0.05, 0) is 29.8 Å². The number of hydrogen-bond acceptors (Lipinski definition) is 4. The van der Waals surface area contributed by atoms with E-state index >= 15 is 0 Å². The van der Waals surface area contributed by atoms with E-state index in [1.54, 1.807) is 18.5 Å². The van der Waals surface area contributed by atoms with E-state index in [0.717, 1.165) is 41.9 Å². The summed E-state index contributed by atoms with van der Waals surface area (Å²) in [4.78, 5) is 15.6. The molecule has 0 amide bonds. The van der Waals surface area contributed by atoms with Crippen molar-refractivity contribution in [3.8, 4) is 11.4 Å². The van der Waals surface area contributed by atoms with Gasteiger partial charge in [-0.25, -0.2) is 14.4 Å². The highest BCUT2D eigenvalue weighted by atomic mass is 35.5. The number of nitrogens with zero attached hydrogens (tertiary/aromatic N) is 4. The monoisotopic (exact) mass is 354 g/mol. The van der Waals surface area contributed by atoms with E-state index in [1.807, 2.05) is 18.3 Å². The van der Waals surface area contributed by atoms with Crippen LogP contribution in [-0.4, -0.2) is 26.4 Å². The summed E-state index contributed by atoms with van der Waals surface area (Å²) in [6, 6.07) is 8.39. The molecule has 0 unspecified atom stereocenters. The van der Waals surface area contributed by atoms with Gasteiger partial charge >= 0.3 is 0 Å². The van der Waals surface area contributed by atoms with Gasteiger partial charge < -0.3 is 0 Å². The van der Waals surface area contributed by atoms with Crippen LogP contribution in [0.2, 0.25) is 5.02 Å². The van der Waals surface area contributed by atoms with E-state index in [0.29, 0.717) is 17.4 Å². The molecule has 1 aliphatic heterocycles. The van der Waals surface area contributed by atoms with Crippen molar-refractivity contribution < 1.29 is 4.39 Å². The summed E-state index contributed by atoms with van der Waals surface area (Å²) in [6.07, 6.45) is 6.25. The molecule has 1 aromatic carbocycles. The molecule has 4 nitrogen and oxygen atoms in total. The number of rotatable bonds is 3. The number of hydrogen-bond donors (Lipinski definition) is 0. The van der Waals surface area contributed by atoms with Gasteiger partial charge in [-0.2, -0.15) is 0 Å². The Morgan fingerprint density at radius 1 is 1.20 bits per heavy atom. The zero-order valence-electron chi connectivity index (χ0n) is 13.5. The molecule has 6 heteroatoms. The highest BCUT2D eigenvalue weighted by molar-refractivity contribution is 6.31. The first-order chi connectivity index (χ1) is 12.2. The van der Waals surface area contributed by atoms with Gasteiger partial charge in [-0.1, -0.05) is 17.7 Å². The fourth-order valence-corrected chi connectivity index (χ4v) is 3.26. The molecule has 0 bridgehead atoms. The quantitative estimate of drug-likeness (QED) is 0.715. The summed E-state index contributed by atoms with van der Waals surface area (Å²) in [7, 11) is 0. The lowest BCUT2D eigenvalue weighted by Crippen LogP contribution is -2.31. The van der Waals surface area contributed by atoms with Gasteiger partial charge in [0.1, 0.15) is 5.82 Å². The van der Waals surface area contributed by atoms with E-state index in [-0.39, 0.29) is 5.82 Å². The van der Waals surface area contributed by atoms with E-state index in [9.17, 15) is 4.39 Å². The average molecular weight is 355 g/mol. The van der Waals surface area contributed by atoms with Crippen molar-refractivity contribution in [3.63, 3.8) is 0 Å². The molecule has 2 aromatic heterocycles. The number of benzene rings is 1. The maximum Gasteiger partial charge on any atom is 0.160 e. The van der Waals surface area contributed by atoms with Gasteiger partial charge in [-0.15, -0.1) is 0 Å². The highest BCUT2D eigenvalue weighted by Gasteiger charge is 2.19. The Labute approximate surface area is 150 Å². The van der Waals surface area contributed by atoms with E-state index in [4.69, 9.17) is 16.6 Å². The zero-order valence-corrected chi connectivity index (χ0v) is 14.2. The maximum absolute atomic E-state index is 13.2. The minimum Gasteiger partial charge on any atom is -0.294 e. The fourth-order valence-electron chi connectivity index (χ4n) is 3.03. The van der Waals surface area contributed by atoms with Gasteiger partial charge in [0, 0.05) is 60.8 Å². The molecule has 0 N–H and O–H groups in total. The van der Waals surface area contributed by atoms with Gasteiger partial charge in [0.15, 0.2) is 5.82 Å². The number of pyridine rings is 1. The lowest BCUT2D eigenvalue weighted by atomic mass is 10.1. The van der Waals surface area contributed by atoms with Crippen LogP contribution < -0.4 is 0 Å². The maximum atomic E-state index is 13.2. The van der Waals surface area contributed by atoms with Crippen LogP contribution in [-0.2, 0) is 19.5 Å². The molecule has 0 saturated heterocycles. The zero-order chi connectivity index (χ0) is 17.2. The molecular weight excluding hydrogens is 339 g/mol. The highest BCUT2D eigenvalue weighted by Crippen LogP contribution is 2.24. The third kappa shape index (κ3) is 3.52. The van der Waals surface area contributed by atoms with Crippen LogP contribution in [0.3, 0.4) is 0 Å². The van der Waals surface area contributed by atoms with Crippen molar-refractivity contribution >= 4 is 11.6 Å².